The average Bonchev–Trinajstić information content (AvgIpc) is 2.18. The van der Waals surface area contributed by atoms with Crippen molar-refractivity contribution in [3.63, 3.8) is 0 Å². The summed E-state index contributed by atoms with van der Waals surface area (Å²) in [6, 6.07) is 1.95. The predicted molar refractivity (Wildman–Crippen MR) is 66.5 cm³/mol. The van der Waals surface area contributed by atoms with E-state index in [4.69, 9.17) is 4.74 Å². The van der Waals surface area contributed by atoms with Crippen molar-refractivity contribution in [1.29, 1.82) is 0 Å². The monoisotopic (exact) mass is 236 g/mol. The Bertz CT molecular complexity index is 383. The van der Waals surface area contributed by atoms with E-state index in [0.717, 1.165) is 11.1 Å². The standard InChI is InChI=1S/C13H20N2O2/c1-10-5-6-14-7-11(10)8-15-9-12(16)17-13(2,3)4/h5-7,15H,8-9H2,1-4H3. The summed E-state index contributed by atoms with van der Waals surface area (Å²) in [7, 11) is 0. The second-order valence-electron chi connectivity index (χ2n) is 4.99. The first kappa shape index (κ1) is 13.6. The summed E-state index contributed by atoms with van der Waals surface area (Å²) in [4.78, 5) is 15.5. The van der Waals surface area contributed by atoms with Gasteiger partial charge in [0.05, 0.1) is 6.54 Å². The molecule has 4 nitrogen and oxygen atoms in total. The number of carbonyl (C=O) groups is 1. The van der Waals surface area contributed by atoms with Crippen molar-refractivity contribution >= 4 is 5.97 Å². The summed E-state index contributed by atoms with van der Waals surface area (Å²) < 4.78 is 5.19. The lowest BCUT2D eigenvalue weighted by molar-refractivity contribution is -0.153. The third-order valence-electron chi connectivity index (χ3n) is 2.15. The Kier molecular flexibility index (Phi) is 4.63. The van der Waals surface area contributed by atoms with Crippen LogP contribution < -0.4 is 5.32 Å². The molecule has 0 unspecified atom stereocenters. The van der Waals surface area contributed by atoms with Crippen LogP contribution in [0.4, 0.5) is 0 Å². The molecule has 0 spiro atoms. The van der Waals surface area contributed by atoms with E-state index in [1.54, 1.807) is 12.4 Å². The number of pyridine rings is 1. The molecule has 0 saturated heterocycles. The maximum atomic E-state index is 11.4. The lowest BCUT2D eigenvalue weighted by atomic mass is 10.1. The van der Waals surface area contributed by atoms with Crippen LogP contribution in [0.15, 0.2) is 18.5 Å². The molecule has 0 amide bonds. The topological polar surface area (TPSA) is 51.2 Å². The lowest BCUT2D eigenvalue weighted by Gasteiger charge is -2.19. The first-order valence-electron chi connectivity index (χ1n) is 5.70. The van der Waals surface area contributed by atoms with Gasteiger partial charge in [-0.2, -0.15) is 0 Å². The van der Waals surface area contributed by atoms with Crippen LogP contribution in [0, 0.1) is 6.92 Å². The molecule has 0 fully saturated rings. The van der Waals surface area contributed by atoms with Crippen molar-refractivity contribution in [1.82, 2.24) is 10.3 Å². The Labute approximate surface area is 102 Å². The second kappa shape index (κ2) is 5.77. The van der Waals surface area contributed by atoms with Gasteiger partial charge >= 0.3 is 5.97 Å². The van der Waals surface area contributed by atoms with E-state index in [1.807, 2.05) is 33.8 Å². The molecule has 1 rings (SSSR count). The Balaban J connectivity index is 2.34. The Morgan fingerprint density at radius 2 is 2.18 bits per heavy atom. The van der Waals surface area contributed by atoms with Crippen LogP contribution in [0.25, 0.3) is 0 Å². The highest BCUT2D eigenvalue weighted by Crippen LogP contribution is 2.07. The predicted octanol–water partition coefficient (Wildman–Crippen LogP) is 1.82. The van der Waals surface area contributed by atoms with Crippen LogP contribution >= 0.6 is 0 Å². The molecule has 0 aromatic carbocycles. The van der Waals surface area contributed by atoms with E-state index in [0.29, 0.717) is 6.54 Å². The van der Waals surface area contributed by atoms with E-state index in [1.165, 1.54) is 0 Å². The fourth-order valence-corrected chi connectivity index (χ4v) is 1.36. The third-order valence-corrected chi connectivity index (χ3v) is 2.15. The largest absolute Gasteiger partial charge is 0.459 e. The number of nitrogens with zero attached hydrogens (tertiary/aromatic N) is 1. The molecule has 0 aliphatic heterocycles. The van der Waals surface area contributed by atoms with Gasteiger partial charge in [0.15, 0.2) is 0 Å². The van der Waals surface area contributed by atoms with Crippen molar-refractivity contribution in [2.24, 2.45) is 0 Å². The van der Waals surface area contributed by atoms with Gasteiger partial charge in [-0.25, -0.2) is 0 Å². The van der Waals surface area contributed by atoms with Crippen LogP contribution in [0.1, 0.15) is 31.9 Å². The number of aryl methyl sites for hydroxylation is 1. The van der Waals surface area contributed by atoms with E-state index in [9.17, 15) is 4.79 Å². The highest BCUT2D eigenvalue weighted by atomic mass is 16.6. The summed E-state index contributed by atoms with van der Waals surface area (Å²) in [6.45, 7) is 8.43. The highest BCUT2D eigenvalue weighted by molar-refractivity contribution is 5.72. The van der Waals surface area contributed by atoms with Gasteiger partial charge in [-0.1, -0.05) is 0 Å². The van der Waals surface area contributed by atoms with Crippen molar-refractivity contribution in [2.45, 2.75) is 39.8 Å². The normalized spacial score (nSPS) is 11.3. The van der Waals surface area contributed by atoms with E-state index < -0.39 is 5.60 Å². The van der Waals surface area contributed by atoms with Gasteiger partial charge in [0, 0.05) is 18.9 Å². The van der Waals surface area contributed by atoms with Gasteiger partial charge in [0.2, 0.25) is 0 Å². The maximum Gasteiger partial charge on any atom is 0.320 e. The van der Waals surface area contributed by atoms with Crippen molar-refractivity contribution in [3.05, 3.63) is 29.6 Å². The zero-order valence-electron chi connectivity index (χ0n) is 10.9. The molecule has 0 saturated carbocycles. The summed E-state index contributed by atoms with van der Waals surface area (Å²) in [6.07, 6.45) is 3.56. The van der Waals surface area contributed by atoms with Crippen molar-refractivity contribution < 1.29 is 9.53 Å². The molecule has 1 aromatic rings. The van der Waals surface area contributed by atoms with Crippen LogP contribution in [-0.4, -0.2) is 23.1 Å². The molecule has 94 valence electrons. The van der Waals surface area contributed by atoms with Crippen LogP contribution in [0.3, 0.4) is 0 Å². The Morgan fingerprint density at radius 3 is 2.76 bits per heavy atom. The summed E-state index contributed by atoms with van der Waals surface area (Å²) in [5.41, 5.74) is 1.83. The zero-order chi connectivity index (χ0) is 12.9. The van der Waals surface area contributed by atoms with Gasteiger partial charge < -0.3 is 10.1 Å². The third kappa shape index (κ3) is 5.45. The minimum atomic E-state index is -0.428. The molecule has 17 heavy (non-hydrogen) atoms. The molecule has 1 N–H and O–H groups in total. The van der Waals surface area contributed by atoms with Gasteiger partial charge in [0.1, 0.15) is 5.60 Å². The molecule has 0 atom stereocenters. The number of ether oxygens (including phenoxy) is 1. The molecule has 1 aromatic heterocycles. The number of hydrogen-bond donors (Lipinski definition) is 1. The molecule has 0 radical (unpaired) electrons. The van der Waals surface area contributed by atoms with E-state index >= 15 is 0 Å². The molecule has 0 aliphatic carbocycles. The minimum Gasteiger partial charge on any atom is -0.459 e. The van der Waals surface area contributed by atoms with Crippen LogP contribution in [-0.2, 0) is 16.1 Å². The number of rotatable bonds is 4. The lowest BCUT2D eigenvalue weighted by Crippen LogP contribution is -2.31. The molecular weight excluding hydrogens is 216 g/mol. The first-order chi connectivity index (χ1) is 7.88. The fraction of sp³-hybridized carbons (Fsp3) is 0.538. The Morgan fingerprint density at radius 1 is 1.47 bits per heavy atom. The van der Waals surface area contributed by atoms with Crippen molar-refractivity contribution in [2.75, 3.05) is 6.54 Å². The number of nitrogens with one attached hydrogen (secondary N) is 1. The highest BCUT2D eigenvalue weighted by Gasteiger charge is 2.15. The minimum absolute atomic E-state index is 0.214. The summed E-state index contributed by atoms with van der Waals surface area (Å²) in [5.74, 6) is -0.237. The molecule has 0 bridgehead atoms. The number of aromatic nitrogens is 1. The van der Waals surface area contributed by atoms with E-state index in [2.05, 4.69) is 10.3 Å². The Hall–Kier alpha value is -1.42. The van der Waals surface area contributed by atoms with E-state index in [-0.39, 0.29) is 12.5 Å². The average molecular weight is 236 g/mol. The van der Waals surface area contributed by atoms with Crippen LogP contribution in [0.2, 0.25) is 0 Å². The quantitative estimate of drug-likeness (QED) is 0.810. The maximum absolute atomic E-state index is 11.4. The fourth-order valence-electron chi connectivity index (χ4n) is 1.36. The molecule has 4 heteroatoms. The van der Waals surface area contributed by atoms with Gasteiger partial charge in [0.25, 0.3) is 0 Å². The number of carbonyl (C=O) groups excluding carboxylic acids is 1. The van der Waals surface area contributed by atoms with Crippen LogP contribution in [0.5, 0.6) is 0 Å². The SMILES string of the molecule is Cc1ccncc1CNCC(=O)OC(C)(C)C. The smallest absolute Gasteiger partial charge is 0.320 e. The molecule has 1 heterocycles. The van der Waals surface area contributed by atoms with Gasteiger partial charge in [-0.05, 0) is 44.9 Å². The van der Waals surface area contributed by atoms with Gasteiger partial charge in [-0.3, -0.25) is 9.78 Å². The summed E-state index contributed by atoms with van der Waals surface area (Å²) >= 11 is 0. The first-order valence-corrected chi connectivity index (χ1v) is 5.70. The number of hydrogen-bond acceptors (Lipinski definition) is 4. The molecule has 0 aliphatic rings. The van der Waals surface area contributed by atoms with Crippen molar-refractivity contribution in [3.8, 4) is 0 Å². The zero-order valence-corrected chi connectivity index (χ0v) is 10.9. The molecular formula is C13H20N2O2. The second-order valence-corrected chi connectivity index (χ2v) is 4.99. The van der Waals surface area contributed by atoms with Gasteiger partial charge in [-0.15, -0.1) is 0 Å². The summed E-state index contributed by atoms with van der Waals surface area (Å²) in [5, 5.41) is 3.05. The number of esters is 1.